The smallest absolute Gasteiger partial charge is 0.256 e. The van der Waals surface area contributed by atoms with Crippen molar-refractivity contribution in [2.75, 3.05) is 26.0 Å². The zero-order valence-corrected chi connectivity index (χ0v) is 17.1. The monoisotopic (exact) mass is 417 g/mol. The fourth-order valence-electron chi connectivity index (χ4n) is 4.33. The number of aromatic nitrogens is 2. The number of carbonyl (C=O) groups excluding carboxylic acids is 1. The molecule has 30 heavy (non-hydrogen) atoms. The van der Waals surface area contributed by atoms with Gasteiger partial charge in [0.1, 0.15) is 23.6 Å². The van der Waals surface area contributed by atoms with Gasteiger partial charge in [-0.1, -0.05) is 0 Å². The molecule has 2 N–H and O–H groups in total. The Kier molecular flexibility index (Phi) is 5.31. The minimum Gasteiger partial charge on any atom is -0.507 e. The third-order valence-electron chi connectivity index (χ3n) is 6.05. The van der Waals surface area contributed by atoms with Crippen molar-refractivity contribution in [1.82, 2.24) is 20.2 Å². The van der Waals surface area contributed by atoms with Crippen LogP contribution in [0.15, 0.2) is 24.5 Å². The summed E-state index contributed by atoms with van der Waals surface area (Å²) in [5, 5.41) is 13.6. The lowest BCUT2D eigenvalue weighted by Gasteiger charge is -2.38. The van der Waals surface area contributed by atoms with Gasteiger partial charge in [0.2, 0.25) is 0 Å². The lowest BCUT2D eigenvalue weighted by molar-refractivity contribution is 0.0822. The van der Waals surface area contributed by atoms with E-state index in [0.29, 0.717) is 18.3 Å². The Morgan fingerprint density at radius 2 is 1.97 bits per heavy atom. The molecule has 1 aromatic carbocycles. The maximum absolute atomic E-state index is 14.8. The van der Waals surface area contributed by atoms with Crippen LogP contribution in [0.25, 0.3) is 11.3 Å². The van der Waals surface area contributed by atoms with Crippen molar-refractivity contribution in [1.29, 1.82) is 0 Å². The third kappa shape index (κ3) is 3.58. The molecule has 9 heteroatoms. The molecule has 1 amide bonds. The molecule has 2 unspecified atom stereocenters. The van der Waals surface area contributed by atoms with Gasteiger partial charge in [-0.25, -0.2) is 13.8 Å². The Bertz CT molecular complexity index is 953. The first-order valence-electron chi connectivity index (χ1n) is 9.95. The quantitative estimate of drug-likeness (QED) is 0.795. The van der Waals surface area contributed by atoms with E-state index in [9.17, 15) is 18.7 Å². The molecule has 2 fully saturated rings. The number of anilines is 1. The molecule has 7 nitrogen and oxygen atoms in total. The standard InChI is InChI=1S/C21H25F2N5O2/c1-27(2)21(30)12-8-18(29)13(7-14(12)22)16-9-25-19(10-24-16)28(3)17-6-11-4-5-15(26-11)20(17)23/h7-11,15,17,20,26,29H,4-6H2,1-3H3/t11?,15?,17-,20+/m1/s1. The van der Waals surface area contributed by atoms with Crippen molar-refractivity contribution in [3.8, 4) is 17.0 Å². The second-order valence-electron chi connectivity index (χ2n) is 8.21. The number of carbonyl (C=O) groups is 1. The van der Waals surface area contributed by atoms with Gasteiger partial charge in [0.05, 0.1) is 29.7 Å². The summed E-state index contributed by atoms with van der Waals surface area (Å²) in [6, 6.07) is 2.08. The number of phenols is 1. The maximum Gasteiger partial charge on any atom is 0.256 e. The van der Waals surface area contributed by atoms with Crippen LogP contribution >= 0.6 is 0 Å². The molecule has 2 saturated heterocycles. The van der Waals surface area contributed by atoms with E-state index in [0.717, 1.165) is 25.0 Å². The predicted octanol–water partition coefficient (Wildman–Crippen LogP) is 2.36. The van der Waals surface area contributed by atoms with Crippen LogP contribution in [0, 0.1) is 5.82 Å². The van der Waals surface area contributed by atoms with Gasteiger partial charge < -0.3 is 20.2 Å². The highest BCUT2D eigenvalue weighted by molar-refractivity contribution is 5.95. The number of fused-ring (bicyclic) bond motifs is 2. The van der Waals surface area contributed by atoms with E-state index < -0.39 is 17.9 Å². The summed E-state index contributed by atoms with van der Waals surface area (Å²) in [7, 11) is 4.80. The molecule has 4 rings (SSSR count). The van der Waals surface area contributed by atoms with Crippen LogP contribution in [0.4, 0.5) is 14.6 Å². The summed E-state index contributed by atoms with van der Waals surface area (Å²) in [4.78, 5) is 23.7. The summed E-state index contributed by atoms with van der Waals surface area (Å²) in [6.07, 6.45) is 4.44. The van der Waals surface area contributed by atoms with Crippen LogP contribution in [0.1, 0.15) is 29.6 Å². The normalized spacial score (nSPS) is 25.2. The van der Waals surface area contributed by atoms with Gasteiger partial charge in [0.15, 0.2) is 0 Å². The second kappa shape index (κ2) is 7.79. The van der Waals surface area contributed by atoms with Crippen molar-refractivity contribution in [2.45, 2.75) is 43.6 Å². The number of rotatable bonds is 4. The average Bonchev–Trinajstić information content (AvgIpc) is 3.14. The summed E-state index contributed by atoms with van der Waals surface area (Å²) < 4.78 is 29.3. The zero-order valence-electron chi connectivity index (χ0n) is 17.1. The lowest BCUT2D eigenvalue weighted by atomic mass is 9.96. The van der Waals surface area contributed by atoms with Gasteiger partial charge in [0, 0.05) is 38.8 Å². The first-order valence-corrected chi connectivity index (χ1v) is 9.95. The number of benzene rings is 1. The molecule has 2 aromatic rings. The molecule has 0 aliphatic carbocycles. The summed E-state index contributed by atoms with van der Waals surface area (Å²) in [5.74, 6) is -1.06. The molecule has 160 valence electrons. The van der Waals surface area contributed by atoms with Crippen molar-refractivity contribution in [3.63, 3.8) is 0 Å². The van der Waals surface area contributed by atoms with Crippen LogP contribution in [0.3, 0.4) is 0 Å². The maximum atomic E-state index is 14.8. The Morgan fingerprint density at radius 3 is 2.63 bits per heavy atom. The van der Waals surface area contributed by atoms with Crippen LogP contribution in [0.2, 0.25) is 0 Å². The lowest BCUT2D eigenvalue weighted by Crippen LogP contribution is -2.55. The highest BCUT2D eigenvalue weighted by atomic mass is 19.1. The highest BCUT2D eigenvalue weighted by Gasteiger charge is 2.43. The largest absolute Gasteiger partial charge is 0.507 e. The van der Waals surface area contributed by atoms with Crippen LogP contribution in [-0.4, -0.2) is 71.3 Å². The number of hydrogen-bond donors (Lipinski definition) is 2. The minimum absolute atomic E-state index is 0.119. The molecule has 4 atom stereocenters. The number of nitrogens with one attached hydrogen (secondary N) is 1. The van der Waals surface area contributed by atoms with Gasteiger partial charge in [-0.15, -0.1) is 0 Å². The van der Waals surface area contributed by atoms with Crippen LogP contribution in [-0.2, 0) is 0 Å². The summed E-state index contributed by atoms with van der Waals surface area (Å²) in [5.41, 5.74) is 0.169. The van der Waals surface area contributed by atoms with Crippen LogP contribution in [0.5, 0.6) is 5.75 Å². The Morgan fingerprint density at radius 1 is 1.20 bits per heavy atom. The molecule has 2 aliphatic heterocycles. The van der Waals surface area contributed by atoms with Gasteiger partial charge in [-0.3, -0.25) is 9.78 Å². The van der Waals surface area contributed by atoms with Gasteiger partial charge in [-0.2, -0.15) is 0 Å². The first kappa shape index (κ1) is 20.5. The van der Waals surface area contributed by atoms with Gasteiger partial charge in [0.25, 0.3) is 5.91 Å². The molecular weight excluding hydrogens is 392 g/mol. The number of piperidine rings is 1. The summed E-state index contributed by atoms with van der Waals surface area (Å²) >= 11 is 0. The van der Waals surface area contributed by atoms with Gasteiger partial charge >= 0.3 is 0 Å². The SMILES string of the molecule is CN(C)C(=O)c1cc(O)c(-c2cnc(N(C)[C@@H]3CC4CCC(N4)[C@@H]3F)cn2)cc1F. The third-order valence-corrected chi connectivity index (χ3v) is 6.05. The van der Waals surface area contributed by atoms with E-state index in [2.05, 4.69) is 15.3 Å². The summed E-state index contributed by atoms with van der Waals surface area (Å²) in [6.45, 7) is 0. The Hall–Kier alpha value is -2.81. The number of aromatic hydroxyl groups is 1. The number of hydrogen-bond acceptors (Lipinski definition) is 6. The number of amides is 1. The molecule has 2 bridgehead atoms. The number of phenolic OH excluding ortho intramolecular Hbond substituents is 1. The van der Waals surface area contributed by atoms with E-state index in [1.165, 1.54) is 31.4 Å². The number of halogens is 2. The average molecular weight is 417 g/mol. The topological polar surface area (TPSA) is 81.6 Å². The Balaban J connectivity index is 1.56. The van der Waals surface area contributed by atoms with E-state index in [4.69, 9.17) is 0 Å². The molecule has 2 aliphatic rings. The van der Waals surface area contributed by atoms with Crippen molar-refractivity contribution in [3.05, 3.63) is 35.9 Å². The molecule has 0 spiro atoms. The minimum atomic E-state index is -0.991. The molecule has 1 aromatic heterocycles. The van der Waals surface area contributed by atoms with Crippen molar-refractivity contribution in [2.24, 2.45) is 0 Å². The van der Waals surface area contributed by atoms with E-state index >= 15 is 0 Å². The zero-order chi connectivity index (χ0) is 21.6. The van der Waals surface area contributed by atoms with Crippen LogP contribution < -0.4 is 10.2 Å². The highest BCUT2D eigenvalue weighted by Crippen LogP contribution is 2.34. The number of alkyl halides is 1. The Labute approximate surface area is 173 Å². The van der Waals surface area contributed by atoms with E-state index in [1.54, 1.807) is 11.9 Å². The first-order chi connectivity index (χ1) is 14.3. The van der Waals surface area contributed by atoms with E-state index in [-0.39, 0.29) is 34.7 Å². The molecule has 0 saturated carbocycles. The van der Waals surface area contributed by atoms with Crippen molar-refractivity contribution >= 4 is 11.7 Å². The molecule has 0 radical (unpaired) electrons. The molecule has 3 heterocycles. The van der Waals surface area contributed by atoms with Gasteiger partial charge in [-0.05, 0) is 31.4 Å². The second-order valence-corrected chi connectivity index (χ2v) is 8.21. The molecular formula is C21H25F2N5O2. The number of nitrogens with zero attached hydrogens (tertiary/aromatic N) is 4. The predicted molar refractivity (Wildman–Crippen MR) is 109 cm³/mol. The van der Waals surface area contributed by atoms with E-state index in [1.807, 2.05) is 0 Å². The fraction of sp³-hybridized carbons (Fsp3) is 0.476. The van der Waals surface area contributed by atoms with Crippen molar-refractivity contribution < 1.29 is 18.7 Å². The fourth-order valence-corrected chi connectivity index (χ4v) is 4.33.